The fraction of sp³-hybridized carbons (Fsp3) is 0.364. The zero-order valence-electron chi connectivity index (χ0n) is 16.5. The molecule has 28 heavy (non-hydrogen) atoms. The Morgan fingerprint density at radius 1 is 1.21 bits per heavy atom. The van der Waals surface area contributed by atoms with Crippen LogP contribution in [0.3, 0.4) is 0 Å². The van der Waals surface area contributed by atoms with Crippen LogP contribution in [-0.4, -0.2) is 37.0 Å². The normalized spacial score (nSPS) is 13.2. The molecular formula is C22H26N2O4. The first kappa shape index (κ1) is 21.2. The van der Waals surface area contributed by atoms with Gasteiger partial charge < -0.3 is 15.4 Å². The molecule has 0 aliphatic heterocycles. The Morgan fingerprint density at radius 2 is 2.00 bits per heavy atom. The minimum absolute atomic E-state index is 0.208. The van der Waals surface area contributed by atoms with Crippen molar-refractivity contribution in [2.45, 2.75) is 33.2 Å². The van der Waals surface area contributed by atoms with Crippen LogP contribution >= 0.6 is 0 Å². The van der Waals surface area contributed by atoms with E-state index in [-0.39, 0.29) is 25.0 Å². The molecule has 1 aromatic carbocycles. The number of carbonyl (C=O) groups excluding carboxylic acids is 3. The highest BCUT2D eigenvalue weighted by molar-refractivity contribution is 5.97. The average molecular weight is 382 g/mol. The summed E-state index contributed by atoms with van der Waals surface area (Å²) in [6, 6.07) is 6.38. The van der Waals surface area contributed by atoms with Gasteiger partial charge in [-0.3, -0.25) is 9.59 Å². The fourth-order valence-corrected chi connectivity index (χ4v) is 2.77. The van der Waals surface area contributed by atoms with E-state index < -0.39 is 17.9 Å². The van der Waals surface area contributed by atoms with E-state index in [9.17, 15) is 14.4 Å². The third-order valence-corrected chi connectivity index (χ3v) is 4.06. The summed E-state index contributed by atoms with van der Waals surface area (Å²) in [6.45, 7) is 5.65. The highest BCUT2D eigenvalue weighted by Gasteiger charge is 2.23. The summed E-state index contributed by atoms with van der Waals surface area (Å²) in [4.78, 5) is 36.6. The van der Waals surface area contributed by atoms with Crippen LogP contribution in [0.15, 0.2) is 48.2 Å². The van der Waals surface area contributed by atoms with E-state index in [2.05, 4.69) is 16.4 Å². The van der Waals surface area contributed by atoms with Gasteiger partial charge >= 0.3 is 5.97 Å². The van der Waals surface area contributed by atoms with Crippen LogP contribution in [-0.2, 0) is 14.3 Å². The Labute approximate surface area is 165 Å². The molecule has 2 N–H and O–H groups in total. The van der Waals surface area contributed by atoms with Gasteiger partial charge in [0.05, 0.1) is 13.2 Å². The number of hydrogen-bond donors (Lipinski definition) is 2. The van der Waals surface area contributed by atoms with E-state index in [1.807, 2.05) is 38.1 Å². The second kappa shape index (κ2) is 10.3. The molecule has 148 valence electrons. The van der Waals surface area contributed by atoms with Crippen molar-refractivity contribution in [3.63, 3.8) is 0 Å². The van der Waals surface area contributed by atoms with Gasteiger partial charge in [-0.05, 0) is 49.1 Å². The summed E-state index contributed by atoms with van der Waals surface area (Å²) in [5, 5.41) is 5.23. The zero-order chi connectivity index (χ0) is 20.5. The SMILES string of the molecule is CCOC(=O)[C@@H](CC(C)C)NC(=O)CNC(=O)c1cccc(C2=C=CC=C2)c1. The van der Waals surface area contributed by atoms with Gasteiger partial charge in [0.15, 0.2) is 0 Å². The van der Waals surface area contributed by atoms with E-state index in [1.165, 1.54) is 0 Å². The molecule has 0 heterocycles. The summed E-state index contributed by atoms with van der Waals surface area (Å²) < 4.78 is 5.01. The number of nitrogens with one attached hydrogen (secondary N) is 2. The summed E-state index contributed by atoms with van der Waals surface area (Å²) in [5.74, 6) is -1.05. The smallest absolute Gasteiger partial charge is 0.328 e. The van der Waals surface area contributed by atoms with E-state index in [1.54, 1.807) is 25.1 Å². The topological polar surface area (TPSA) is 84.5 Å². The minimum Gasteiger partial charge on any atom is -0.464 e. The molecule has 1 aromatic rings. The van der Waals surface area contributed by atoms with Crippen molar-refractivity contribution in [3.8, 4) is 0 Å². The standard InChI is InChI=1S/C22H26N2O4/c1-4-28-22(27)19(12-15(2)3)24-20(25)14-23-21(26)18-11-7-10-17(13-18)16-8-5-6-9-16/h5-8,10-11,13,15,19H,4,12,14H2,1-3H3,(H,23,26)(H,24,25)/t19-/m1/s1. The van der Waals surface area contributed by atoms with Gasteiger partial charge in [-0.2, -0.15) is 0 Å². The number of ether oxygens (including phenoxy) is 1. The Hall–Kier alpha value is -3.11. The molecule has 6 heteroatoms. The lowest BCUT2D eigenvalue weighted by Crippen LogP contribution is -2.46. The summed E-state index contributed by atoms with van der Waals surface area (Å²) in [7, 11) is 0. The van der Waals surface area contributed by atoms with E-state index >= 15 is 0 Å². The van der Waals surface area contributed by atoms with Crippen LogP contribution < -0.4 is 10.6 Å². The zero-order valence-corrected chi connectivity index (χ0v) is 16.5. The Kier molecular flexibility index (Phi) is 7.78. The molecule has 1 aliphatic carbocycles. The molecule has 1 aliphatic rings. The van der Waals surface area contributed by atoms with Crippen molar-refractivity contribution in [2.75, 3.05) is 13.2 Å². The molecule has 0 unspecified atom stereocenters. The van der Waals surface area contributed by atoms with Gasteiger partial charge in [0.25, 0.3) is 5.91 Å². The first-order chi connectivity index (χ1) is 13.4. The average Bonchev–Trinajstić information content (AvgIpc) is 3.20. The lowest BCUT2D eigenvalue weighted by Gasteiger charge is -2.19. The third-order valence-electron chi connectivity index (χ3n) is 4.06. The van der Waals surface area contributed by atoms with E-state index in [4.69, 9.17) is 4.74 Å². The molecule has 0 aromatic heterocycles. The monoisotopic (exact) mass is 382 g/mol. The van der Waals surface area contributed by atoms with Crippen LogP contribution in [0.4, 0.5) is 0 Å². The van der Waals surface area contributed by atoms with Crippen LogP contribution in [0.25, 0.3) is 5.57 Å². The van der Waals surface area contributed by atoms with Crippen molar-refractivity contribution >= 4 is 23.4 Å². The maximum absolute atomic E-state index is 12.4. The first-order valence-corrected chi connectivity index (χ1v) is 9.38. The van der Waals surface area contributed by atoms with Gasteiger partial charge in [-0.1, -0.05) is 32.1 Å². The Morgan fingerprint density at radius 3 is 2.64 bits per heavy atom. The van der Waals surface area contributed by atoms with Gasteiger partial charge in [-0.15, -0.1) is 5.73 Å². The molecule has 1 atom stereocenters. The molecule has 2 rings (SSSR count). The number of rotatable bonds is 9. The van der Waals surface area contributed by atoms with Gasteiger partial charge in [0.1, 0.15) is 6.04 Å². The third kappa shape index (κ3) is 6.25. The van der Waals surface area contributed by atoms with Crippen molar-refractivity contribution in [2.24, 2.45) is 5.92 Å². The van der Waals surface area contributed by atoms with Crippen molar-refractivity contribution in [1.82, 2.24) is 10.6 Å². The second-order valence-corrected chi connectivity index (χ2v) is 6.85. The van der Waals surface area contributed by atoms with Crippen LogP contribution in [0.2, 0.25) is 0 Å². The number of benzene rings is 1. The molecule has 0 saturated heterocycles. The quantitative estimate of drug-likeness (QED) is 0.508. The number of carbonyl (C=O) groups is 3. The molecule has 2 amide bonds. The van der Waals surface area contributed by atoms with Crippen LogP contribution in [0, 0.1) is 5.92 Å². The van der Waals surface area contributed by atoms with Crippen molar-refractivity contribution in [3.05, 3.63) is 59.4 Å². The van der Waals surface area contributed by atoms with Gasteiger partial charge in [0.2, 0.25) is 5.91 Å². The second-order valence-electron chi connectivity index (χ2n) is 6.85. The summed E-state index contributed by atoms with van der Waals surface area (Å²) in [5.41, 5.74) is 5.31. The van der Waals surface area contributed by atoms with E-state index in [0.29, 0.717) is 12.0 Å². The number of allylic oxidation sites excluding steroid dienone is 3. The number of hydrogen-bond acceptors (Lipinski definition) is 4. The first-order valence-electron chi connectivity index (χ1n) is 9.38. The minimum atomic E-state index is -0.722. The predicted molar refractivity (Wildman–Crippen MR) is 107 cm³/mol. The van der Waals surface area contributed by atoms with Crippen LogP contribution in [0.5, 0.6) is 0 Å². The highest BCUT2D eigenvalue weighted by Crippen LogP contribution is 2.18. The van der Waals surface area contributed by atoms with Crippen LogP contribution in [0.1, 0.15) is 43.1 Å². The Balaban J connectivity index is 1.93. The largest absolute Gasteiger partial charge is 0.464 e. The van der Waals surface area contributed by atoms with Gasteiger partial charge in [0, 0.05) is 11.1 Å². The molecule has 0 saturated carbocycles. The molecular weight excluding hydrogens is 356 g/mol. The highest BCUT2D eigenvalue weighted by atomic mass is 16.5. The number of esters is 1. The molecule has 0 spiro atoms. The molecule has 6 nitrogen and oxygen atoms in total. The molecule has 0 radical (unpaired) electrons. The lowest BCUT2D eigenvalue weighted by atomic mass is 10.0. The van der Waals surface area contributed by atoms with Crippen molar-refractivity contribution < 1.29 is 19.1 Å². The molecule has 0 bridgehead atoms. The Bertz CT molecular complexity index is 833. The van der Waals surface area contributed by atoms with Crippen molar-refractivity contribution in [1.29, 1.82) is 0 Å². The predicted octanol–water partition coefficient (Wildman–Crippen LogP) is 2.62. The summed E-state index contributed by atoms with van der Waals surface area (Å²) in [6.07, 6.45) is 6.07. The van der Waals surface area contributed by atoms with E-state index in [0.717, 1.165) is 11.1 Å². The lowest BCUT2D eigenvalue weighted by molar-refractivity contribution is -0.147. The van der Waals surface area contributed by atoms with Gasteiger partial charge in [-0.25, -0.2) is 4.79 Å². The maximum atomic E-state index is 12.4. The summed E-state index contributed by atoms with van der Waals surface area (Å²) >= 11 is 0. The maximum Gasteiger partial charge on any atom is 0.328 e. The molecule has 0 fully saturated rings. The fourth-order valence-electron chi connectivity index (χ4n) is 2.77. The number of amides is 2.